The minimum Gasteiger partial charge on any atom is -0.489 e. The van der Waals surface area contributed by atoms with Crippen molar-refractivity contribution in [3.05, 3.63) is 59.0 Å². The quantitative estimate of drug-likeness (QED) is 0.787. The topological polar surface area (TPSA) is 41.9 Å². The molecule has 1 heterocycles. The van der Waals surface area contributed by atoms with E-state index in [1.54, 1.807) is 12.1 Å². The van der Waals surface area contributed by atoms with Crippen molar-refractivity contribution in [1.82, 2.24) is 0 Å². The smallest absolute Gasteiger partial charge is 0.144 e. The maximum atomic E-state index is 10.5. The van der Waals surface area contributed by atoms with Crippen LogP contribution in [0.25, 0.3) is 0 Å². The third kappa shape index (κ3) is 2.42. The zero-order valence-electron chi connectivity index (χ0n) is 10.5. The minimum atomic E-state index is 0.403. The summed E-state index contributed by atoms with van der Waals surface area (Å²) in [6.07, 6.45) is 0. The Labute approximate surface area is 111 Å². The van der Waals surface area contributed by atoms with Crippen LogP contribution in [0, 0.1) is 4.91 Å². The fourth-order valence-corrected chi connectivity index (χ4v) is 2.29. The van der Waals surface area contributed by atoms with Crippen molar-refractivity contribution >= 4 is 11.4 Å². The van der Waals surface area contributed by atoms with E-state index in [2.05, 4.69) is 22.2 Å². The summed E-state index contributed by atoms with van der Waals surface area (Å²) in [4.78, 5) is 12.8. The van der Waals surface area contributed by atoms with E-state index in [-0.39, 0.29) is 0 Å². The predicted octanol–water partition coefficient (Wildman–Crippen LogP) is 3.48. The Kier molecular flexibility index (Phi) is 3.14. The zero-order chi connectivity index (χ0) is 13.1. The first-order valence-electron chi connectivity index (χ1n) is 6.26. The minimum absolute atomic E-state index is 0.403. The van der Waals surface area contributed by atoms with Crippen molar-refractivity contribution < 1.29 is 4.74 Å². The summed E-state index contributed by atoms with van der Waals surface area (Å²) in [5, 5.41) is 2.94. The fourth-order valence-electron chi connectivity index (χ4n) is 2.29. The van der Waals surface area contributed by atoms with Crippen LogP contribution in [0.1, 0.15) is 5.56 Å². The molecule has 1 aliphatic heterocycles. The molecule has 2 aromatic rings. The lowest BCUT2D eigenvalue weighted by Gasteiger charge is -2.31. The van der Waals surface area contributed by atoms with Gasteiger partial charge < -0.3 is 9.64 Å². The fraction of sp³-hybridized carbons (Fsp3) is 0.200. The number of nitrogens with zero attached hydrogens (tertiary/aromatic N) is 2. The maximum Gasteiger partial charge on any atom is 0.144 e. The SMILES string of the molecule is O=Nc1ccc2c(c1)OCCN2Cc1ccccc1. The highest BCUT2D eigenvalue weighted by molar-refractivity contribution is 5.64. The van der Waals surface area contributed by atoms with Gasteiger partial charge in [0.2, 0.25) is 0 Å². The highest BCUT2D eigenvalue weighted by Gasteiger charge is 2.18. The number of hydrogen-bond acceptors (Lipinski definition) is 4. The van der Waals surface area contributed by atoms with Gasteiger partial charge in [0.05, 0.1) is 12.2 Å². The Balaban J connectivity index is 1.88. The average molecular weight is 254 g/mol. The first kappa shape index (κ1) is 11.7. The molecule has 4 heteroatoms. The molecule has 0 saturated heterocycles. The molecule has 3 rings (SSSR count). The highest BCUT2D eigenvalue weighted by atomic mass is 16.5. The summed E-state index contributed by atoms with van der Waals surface area (Å²) in [5.74, 6) is 0.735. The van der Waals surface area contributed by atoms with Crippen LogP contribution in [0.3, 0.4) is 0 Å². The van der Waals surface area contributed by atoms with Crippen molar-refractivity contribution in [3.8, 4) is 5.75 Å². The molecule has 2 aromatic carbocycles. The molecular formula is C15H14N2O2. The molecule has 0 amide bonds. The molecule has 0 aromatic heterocycles. The third-order valence-electron chi connectivity index (χ3n) is 3.22. The van der Waals surface area contributed by atoms with E-state index in [1.165, 1.54) is 5.56 Å². The molecule has 4 nitrogen and oxygen atoms in total. The summed E-state index contributed by atoms with van der Waals surface area (Å²) >= 11 is 0. The van der Waals surface area contributed by atoms with E-state index in [9.17, 15) is 4.91 Å². The van der Waals surface area contributed by atoms with Crippen molar-refractivity contribution in [2.24, 2.45) is 5.18 Å². The molecule has 0 N–H and O–H groups in total. The molecule has 19 heavy (non-hydrogen) atoms. The monoisotopic (exact) mass is 254 g/mol. The Bertz CT molecular complexity index is 584. The molecule has 0 unspecified atom stereocenters. The normalized spacial score (nSPS) is 13.6. The van der Waals surface area contributed by atoms with Gasteiger partial charge in [-0.25, -0.2) is 0 Å². The lowest BCUT2D eigenvalue weighted by Crippen LogP contribution is -2.32. The first-order chi connectivity index (χ1) is 9.36. The number of ether oxygens (including phenoxy) is 1. The number of hydrogen-bond donors (Lipinski definition) is 0. The maximum absolute atomic E-state index is 10.5. The van der Waals surface area contributed by atoms with Crippen molar-refractivity contribution in [1.29, 1.82) is 0 Å². The Hall–Kier alpha value is -2.36. The van der Waals surface area contributed by atoms with Gasteiger partial charge in [-0.3, -0.25) is 0 Å². The van der Waals surface area contributed by atoms with Crippen molar-refractivity contribution in [3.63, 3.8) is 0 Å². The van der Waals surface area contributed by atoms with E-state index in [0.29, 0.717) is 12.3 Å². The molecule has 0 atom stereocenters. The summed E-state index contributed by atoms with van der Waals surface area (Å²) in [6.45, 7) is 2.31. The number of anilines is 1. The highest BCUT2D eigenvalue weighted by Crippen LogP contribution is 2.35. The molecular weight excluding hydrogens is 240 g/mol. The number of fused-ring (bicyclic) bond motifs is 1. The predicted molar refractivity (Wildman–Crippen MR) is 74.9 cm³/mol. The number of nitroso groups, excluding NO2 is 1. The van der Waals surface area contributed by atoms with Gasteiger partial charge in [0.25, 0.3) is 0 Å². The van der Waals surface area contributed by atoms with Crippen LogP contribution in [0.5, 0.6) is 5.75 Å². The van der Waals surface area contributed by atoms with E-state index < -0.39 is 0 Å². The van der Waals surface area contributed by atoms with Crippen LogP contribution in [0.4, 0.5) is 11.4 Å². The first-order valence-corrected chi connectivity index (χ1v) is 6.26. The largest absolute Gasteiger partial charge is 0.489 e. The van der Waals surface area contributed by atoms with Gasteiger partial charge in [-0.1, -0.05) is 30.3 Å². The zero-order valence-corrected chi connectivity index (χ0v) is 10.5. The Morgan fingerprint density at radius 1 is 1.16 bits per heavy atom. The van der Waals surface area contributed by atoms with E-state index in [1.807, 2.05) is 24.3 Å². The van der Waals surface area contributed by atoms with Crippen LogP contribution in [-0.2, 0) is 6.54 Å². The molecule has 0 bridgehead atoms. The molecule has 1 aliphatic rings. The van der Waals surface area contributed by atoms with Gasteiger partial charge in [0, 0.05) is 12.6 Å². The summed E-state index contributed by atoms with van der Waals surface area (Å²) < 4.78 is 5.59. The summed E-state index contributed by atoms with van der Waals surface area (Å²) in [6, 6.07) is 15.6. The number of rotatable bonds is 3. The molecule has 0 radical (unpaired) electrons. The summed E-state index contributed by atoms with van der Waals surface area (Å²) in [5.41, 5.74) is 2.68. The van der Waals surface area contributed by atoms with Crippen LogP contribution >= 0.6 is 0 Å². The van der Waals surface area contributed by atoms with Gasteiger partial charge in [-0.2, -0.15) is 0 Å². The molecule has 0 aliphatic carbocycles. The average Bonchev–Trinajstić information content (AvgIpc) is 2.48. The second kappa shape index (κ2) is 5.10. The van der Waals surface area contributed by atoms with Gasteiger partial charge in [-0.05, 0) is 22.9 Å². The van der Waals surface area contributed by atoms with Crippen molar-refractivity contribution in [2.75, 3.05) is 18.1 Å². The third-order valence-corrected chi connectivity index (χ3v) is 3.22. The van der Waals surface area contributed by atoms with E-state index in [0.717, 1.165) is 24.5 Å². The van der Waals surface area contributed by atoms with Crippen LogP contribution in [0.2, 0.25) is 0 Å². The molecule has 0 fully saturated rings. The molecule has 0 spiro atoms. The van der Waals surface area contributed by atoms with Gasteiger partial charge in [0.1, 0.15) is 18.0 Å². The lowest BCUT2D eigenvalue weighted by molar-refractivity contribution is 0.307. The lowest BCUT2D eigenvalue weighted by atomic mass is 10.1. The standard InChI is InChI=1S/C15H14N2O2/c18-16-13-6-7-14-15(10-13)19-9-8-17(14)11-12-4-2-1-3-5-12/h1-7,10H,8-9,11H2. The van der Waals surface area contributed by atoms with Gasteiger partial charge in [0.15, 0.2) is 0 Å². The second-order valence-electron chi connectivity index (χ2n) is 4.50. The Morgan fingerprint density at radius 3 is 2.79 bits per heavy atom. The van der Waals surface area contributed by atoms with Crippen LogP contribution in [-0.4, -0.2) is 13.2 Å². The van der Waals surface area contributed by atoms with E-state index >= 15 is 0 Å². The van der Waals surface area contributed by atoms with Crippen LogP contribution in [0.15, 0.2) is 53.7 Å². The van der Waals surface area contributed by atoms with Crippen molar-refractivity contribution in [2.45, 2.75) is 6.54 Å². The second-order valence-corrected chi connectivity index (χ2v) is 4.50. The van der Waals surface area contributed by atoms with Gasteiger partial charge >= 0.3 is 0 Å². The Morgan fingerprint density at radius 2 is 2.00 bits per heavy atom. The van der Waals surface area contributed by atoms with E-state index in [4.69, 9.17) is 4.74 Å². The van der Waals surface area contributed by atoms with Crippen LogP contribution < -0.4 is 9.64 Å². The molecule has 96 valence electrons. The van der Waals surface area contributed by atoms with Gasteiger partial charge in [-0.15, -0.1) is 4.91 Å². The summed E-state index contributed by atoms with van der Waals surface area (Å²) in [7, 11) is 0. The number of benzene rings is 2. The molecule has 0 saturated carbocycles.